The molecule has 0 spiro atoms. The highest BCUT2D eigenvalue weighted by Gasteiger charge is 2.36. The first-order valence-electron chi connectivity index (χ1n) is 11.4. The molecule has 0 amide bonds. The molecule has 0 atom stereocenters. The maximum absolute atomic E-state index is 13.7. The van der Waals surface area contributed by atoms with E-state index >= 15 is 0 Å². The van der Waals surface area contributed by atoms with E-state index in [1.54, 1.807) is 12.1 Å². The van der Waals surface area contributed by atoms with Crippen molar-refractivity contribution in [1.82, 2.24) is 4.57 Å². The van der Waals surface area contributed by atoms with E-state index in [1.165, 1.54) is 6.07 Å². The largest absolute Gasteiger partial charge is 0.489 e. The Balaban J connectivity index is 1.50. The Morgan fingerprint density at radius 3 is 2.61 bits per heavy atom. The van der Waals surface area contributed by atoms with Gasteiger partial charge in [-0.3, -0.25) is 4.79 Å². The average Bonchev–Trinajstić information content (AvgIpc) is 3.42. The summed E-state index contributed by atoms with van der Waals surface area (Å²) < 4.78 is 49.1. The first kappa shape index (κ1) is 23.2. The molecule has 7 heteroatoms. The molecular weight excluding hydrogens is 431 g/mol. The van der Waals surface area contributed by atoms with E-state index < -0.39 is 17.7 Å². The van der Waals surface area contributed by atoms with Crippen LogP contribution in [-0.2, 0) is 24.1 Å². The van der Waals surface area contributed by atoms with Crippen molar-refractivity contribution in [2.45, 2.75) is 70.7 Å². The van der Waals surface area contributed by atoms with E-state index in [2.05, 4.69) is 0 Å². The zero-order valence-electron chi connectivity index (χ0n) is 18.6. The number of nitrogens with zero attached hydrogens (tertiary/aromatic N) is 1. The van der Waals surface area contributed by atoms with Crippen molar-refractivity contribution in [1.29, 1.82) is 0 Å². The van der Waals surface area contributed by atoms with Crippen LogP contribution in [0.1, 0.15) is 66.7 Å². The molecule has 33 heavy (non-hydrogen) atoms. The van der Waals surface area contributed by atoms with Crippen molar-refractivity contribution in [3.63, 3.8) is 0 Å². The lowest BCUT2D eigenvalue weighted by Crippen LogP contribution is -2.12. The van der Waals surface area contributed by atoms with Gasteiger partial charge in [0.05, 0.1) is 11.1 Å². The molecule has 1 aromatic heterocycles. The number of ether oxygens (including phenoxy) is 1. The highest BCUT2D eigenvalue weighted by Crippen LogP contribution is 2.42. The van der Waals surface area contributed by atoms with Crippen LogP contribution in [-0.4, -0.2) is 15.6 Å². The number of fused-ring (bicyclic) bond motifs is 1. The lowest BCUT2D eigenvalue weighted by molar-refractivity contribution is -0.138. The molecule has 1 heterocycles. The van der Waals surface area contributed by atoms with Gasteiger partial charge in [-0.2, -0.15) is 13.2 Å². The van der Waals surface area contributed by atoms with Crippen molar-refractivity contribution < 1.29 is 27.8 Å². The quantitative estimate of drug-likeness (QED) is 0.392. The molecule has 0 radical (unpaired) electrons. The molecule has 1 aliphatic rings. The van der Waals surface area contributed by atoms with Gasteiger partial charge in [-0.05, 0) is 73.1 Å². The number of aryl methyl sites for hydroxylation is 2. The summed E-state index contributed by atoms with van der Waals surface area (Å²) in [4.78, 5) is 10.8. The number of hydrogen-bond donors (Lipinski definition) is 1. The molecule has 0 aliphatic heterocycles. The van der Waals surface area contributed by atoms with Crippen molar-refractivity contribution in [2.75, 3.05) is 0 Å². The van der Waals surface area contributed by atoms with Crippen molar-refractivity contribution in [3.8, 4) is 5.75 Å². The summed E-state index contributed by atoms with van der Waals surface area (Å²) in [6.07, 6.45) is 1.77. The molecule has 3 aromatic rings. The van der Waals surface area contributed by atoms with Gasteiger partial charge in [-0.15, -0.1) is 0 Å². The molecule has 1 fully saturated rings. The summed E-state index contributed by atoms with van der Waals surface area (Å²) in [5, 5.41) is 9.79. The fourth-order valence-electron chi connectivity index (χ4n) is 4.91. The Hall–Kier alpha value is -2.96. The minimum absolute atomic E-state index is 0.0128. The van der Waals surface area contributed by atoms with Gasteiger partial charge in [-0.1, -0.05) is 25.0 Å². The van der Waals surface area contributed by atoms with Gasteiger partial charge < -0.3 is 14.4 Å². The first-order chi connectivity index (χ1) is 15.7. The van der Waals surface area contributed by atoms with Crippen LogP contribution in [0.15, 0.2) is 42.6 Å². The van der Waals surface area contributed by atoms with E-state index in [0.717, 1.165) is 42.1 Å². The van der Waals surface area contributed by atoms with Crippen LogP contribution in [0.2, 0.25) is 0 Å². The molecular formula is C26H28F3NO3. The van der Waals surface area contributed by atoms with E-state index in [9.17, 15) is 18.0 Å². The van der Waals surface area contributed by atoms with Crippen LogP contribution in [0.25, 0.3) is 10.9 Å². The summed E-state index contributed by atoms with van der Waals surface area (Å²) >= 11 is 0. The third kappa shape index (κ3) is 5.34. The lowest BCUT2D eigenvalue weighted by atomic mass is 9.91. The minimum atomic E-state index is -4.38. The Morgan fingerprint density at radius 1 is 1.15 bits per heavy atom. The predicted molar refractivity (Wildman–Crippen MR) is 121 cm³/mol. The molecule has 4 rings (SSSR count). The standard InChI is InChI=1S/C26H28F3NO3/c1-17-13-21(15-20-10-12-30(25(17)20)11-4-7-24(31)32)33-16-18-8-9-22(19-5-2-3-6-19)23(14-18)26(27,28)29/h8-10,12-15,19H,2-7,11,16H2,1H3,(H,31,32). The molecule has 0 unspecified atom stereocenters. The number of benzene rings is 2. The molecule has 1 saturated carbocycles. The Bertz CT molecular complexity index is 1140. The van der Waals surface area contributed by atoms with Gasteiger partial charge in [0.2, 0.25) is 0 Å². The van der Waals surface area contributed by atoms with Crippen molar-refractivity contribution >= 4 is 16.9 Å². The van der Waals surface area contributed by atoms with Crippen LogP contribution in [0.5, 0.6) is 5.75 Å². The number of alkyl halides is 3. The number of rotatable bonds is 8. The molecule has 176 valence electrons. The van der Waals surface area contributed by atoms with Gasteiger partial charge in [0, 0.05) is 24.5 Å². The third-order valence-corrected chi connectivity index (χ3v) is 6.44. The maximum Gasteiger partial charge on any atom is 0.416 e. The second-order valence-electron chi connectivity index (χ2n) is 8.87. The Kier molecular flexibility index (Phi) is 6.68. The minimum Gasteiger partial charge on any atom is -0.489 e. The maximum atomic E-state index is 13.7. The average molecular weight is 460 g/mol. The SMILES string of the molecule is Cc1cc(OCc2ccc(C3CCCC3)c(C(F)(F)F)c2)cc2ccn(CCCC(=O)O)c12. The Morgan fingerprint density at radius 2 is 1.91 bits per heavy atom. The summed E-state index contributed by atoms with van der Waals surface area (Å²) in [6.45, 7) is 2.60. The zero-order chi connectivity index (χ0) is 23.6. The first-order valence-corrected chi connectivity index (χ1v) is 11.4. The summed E-state index contributed by atoms with van der Waals surface area (Å²) in [5.41, 5.74) is 2.34. The number of carboxylic acid groups (broad SMARTS) is 1. The van der Waals surface area contributed by atoms with Crippen LogP contribution in [0.4, 0.5) is 13.2 Å². The van der Waals surface area contributed by atoms with Crippen molar-refractivity contribution in [3.05, 3.63) is 64.8 Å². The van der Waals surface area contributed by atoms with Crippen LogP contribution >= 0.6 is 0 Å². The van der Waals surface area contributed by atoms with Gasteiger partial charge >= 0.3 is 12.1 Å². The molecule has 1 aliphatic carbocycles. The van der Waals surface area contributed by atoms with Crippen LogP contribution in [0.3, 0.4) is 0 Å². The third-order valence-electron chi connectivity index (χ3n) is 6.44. The molecule has 0 saturated heterocycles. The molecule has 0 bridgehead atoms. The van der Waals surface area contributed by atoms with Crippen molar-refractivity contribution in [2.24, 2.45) is 0 Å². The molecule has 4 nitrogen and oxygen atoms in total. The highest BCUT2D eigenvalue weighted by molar-refractivity contribution is 5.85. The second-order valence-corrected chi connectivity index (χ2v) is 8.87. The van der Waals surface area contributed by atoms with E-state index in [1.807, 2.05) is 35.9 Å². The number of carboxylic acids is 1. The second kappa shape index (κ2) is 9.49. The summed E-state index contributed by atoms with van der Waals surface area (Å²) in [7, 11) is 0. The van der Waals surface area contributed by atoms with E-state index in [0.29, 0.717) is 29.8 Å². The van der Waals surface area contributed by atoms with E-state index in [-0.39, 0.29) is 18.9 Å². The Labute approximate surface area is 191 Å². The number of aliphatic carboxylic acids is 1. The number of carbonyl (C=O) groups is 1. The highest BCUT2D eigenvalue weighted by atomic mass is 19.4. The normalized spacial score (nSPS) is 14.8. The fourth-order valence-corrected chi connectivity index (χ4v) is 4.91. The van der Waals surface area contributed by atoms with Crippen LogP contribution in [0, 0.1) is 6.92 Å². The fraction of sp³-hybridized carbons (Fsp3) is 0.423. The van der Waals surface area contributed by atoms with E-state index in [4.69, 9.17) is 9.84 Å². The van der Waals surface area contributed by atoms with Gasteiger partial charge in [0.25, 0.3) is 0 Å². The number of hydrogen-bond acceptors (Lipinski definition) is 2. The van der Waals surface area contributed by atoms with Crippen LogP contribution < -0.4 is 4.74 Å². The molecule has 1 N–H and O–H groups in total. The number of aromatic nitrogens is 1. The van der Waals surface area contributed by atoms with Gasteiger partial charge in [-0.25, -0.2) is 0 Å². The zero-order valence-corrected chi connectivity index (χ0v) is 18.6. The monoisotopic (exact) mass is 459 g/mol. The summed E-state index contributed by atoms with van der Waals surface area (Å²) in [5.74, 6) is -0.235. The topological polar surface area (TPSA) is 51.5 Å². The lowest BCUT2D eigenvalue weighted by Gasteiger charge is -2.19. The van der Waals surface area contributed by atoms with Gasteiger partial charge in [0.15, 0.2) is 0 Å². The summed E-state index contributed by atoms with van der Waals surface area (Å²) in [6, 6.07) is 10.3. The predicted octanol–water partition coefficient (Wildman–Crippen LogP) is 7.07. The molecule has 2 aromatic carbocycles. The smallest absolute Gasteiger partial charge is 0.416 e. The number of halogens is 3. The van der Waals surface area contributed by atoms with Gasteiger partial charge in [0.1, 0.15) is 12.4 Å².